The number of halogens is 4. The van der Waals surface area contributed by atoms with Crippen molar-refractivity contribution in [3.05, 3.63) is 33.1 Å². The fourth-order valence-corrected chi connectivity index (χ4v) is 3.15. The van der Waals surface area contributed by atoms with Crippen molar-refractivity contribution in [2.75, 3.05) is 11.1 Å². The number of hydrogen-bond donors (Lipinski definition) is 1. The molecule has 0 aromatic carbocycles. The molecule has 116 valence electrons. The summed E-state index contributed by atoms with van der Waals surface area (Å²) in [4.78, 5) is 11.7. The van der Waals surface area contributed by atoms with E-state index in [1.54, 1.807) is 0 Å². The predicted molar refractivity (Wildman–Crippen MR) is 69.9 cm³/mol. The van der Waals surface area contributed by atoms with Crippen LogP contribution in [0.2, 0.25) is 5.02 Å². The average molecular weight is 344 g/mol. The van der Waals surface area contributed by atoms with Gasteiger partial charge in [-0.2, -0.15) is 18.3 Å². The van der Waals surface area contributed by atoms with Crippen LogP contribution in [-0.2, 0) is 16.4 Å². The summed E-state index contributed by atoms with van der Waals surface area (Å²) in [6.45, 7) is -1.55. The lowest BCUT2D eigenvalue weighted by Crippen LogP contribution is -2.31. The maximum Gasteiger partial charge on any atom is 0.408 e. The molecule has 1 N–H and O–H groups in total. The highest BCUT2D eigenvalue weighted by Crippen LogP contribution is 2.21. The second-order valence-electron chi connectivity index (χ2n) is 4.36. The highest BCUT2D eigenvalue weighted by atomic mass is 35.5. The van der Waals surface area contributed by atoms with E-state index in [1.165, 1.54) is 6.08 Å². The molecule has 0 aliphatic carbocycles. The monoisotopic (exact) mass is 343 g/mol. The van der Waals surface area contributed by atoms with Gasteiger partial charge in [-0.3, -0.25) is 4.79 Å². The normalized spacial score (nSPS) is 20.7. The van der Waals surface area contributed by atoms with Crippen molar-refractivity contribution in [1.29, 1.82) is 0 Å². The van der Waals surface area contributed by atoms with Crippen LogP contribution in [0.3, 0.4) is 0 Å². The SMILES string of the molecule is O=c1c(Cl)c(NC2C=CS(=O)(=O)C2)cnn1CC(F)(F)F. The molecule has 6 nitrogen and oxygen atoms in total. The summed E-state index contributed by atoms with van der Waals surface area (Å²) in [5.41, 5.74) is -1.13. The third-order valence-corrected chi connectivity index (χ3v) is 4.35. The zero-order valence-electron chi connectivity index (χ0n) is 10.3. The number of rotatable bonds is 3. The molecule has 0 amide bonds. The van der Waals surface area contributed by atoms with Crippen molar-refractivity contribution in [1.82, 2.24) is 9.78 Å². The quantitative estimate of drug-likeness (QED) is 0.891. The second-order valence-corrected chi connectivity index (χ2v) is 6.67. The van der Waals surface area contributed by atoms with Crippen LogP contribution in [0.25, 0.3) is 0 Å². The molecule has 11 heteroatoms. The fraction of sp³-hybridized carbons (Fsp3) is 0.400. The van der Waals surface area contributed by atoms with Gasteiger partial charge in [-0.1, -0.05) is 17.7 Å². The van der Waals surface area contributed by atoms with E-state index in [1.807, 2.05) is 0 Å². The number of nitrogens with one attached hydrogen (secondary N) is 1. The van der Waals surface area contributed by atoms with E-state index in [4.69, 9.17) is 11.6 Å². The molecule has 1 unspecified atom stereocenters. The van der Waals surface area contributed by atoms with E-state index in [0.29, 0.717) is 0 Å². The molecule has 1 atom stereocenters. The van der Waals surface area contributed by atoms with E-state index in [-0.39, 0.29) is 16.1 Å². The lowest BCUT2D eigenvalue weighted by Gasteiger charge is -2.14. The van der Waals surface area contributed by atoms with E-state index >= 15 is 0 Å². The topological polar surface area (TPSA) is 81.1 Å². The molecular formula is C10H9ClF3N3O3S. The van der Waals surface area contributed by atoms with Gasteiger partial charge in [-0.15, -0.1) is 0 Å². The Balaban J connectivity index is 2.22. The van der Waals surface area contributed by atoms with Gasteiger partial charge >= 0.3 is 6.18 Å². The molecule has 0 saturated carbocycles. The van der Waals surface area contributed by atoms with E-state index < -0.39 is 39.2 Å². The smallest absolute Gasteiger partial charge is 0.375 e. The Morgan fingerprint density at radius 3 is 2.67 bits per heavy atom. The number of sulfone groups is 1. The van der Waals surface area contributed by atoms with Crippen molar-refractivity contribution in [2.45, 2.75) is 18.8 Å². The molecule has 0 spiro atoms. The summed E-state index contributed by atoms with van der Waals surface area (Å²) in [5.74, 6) is -0.227. The van der Waals surface area contributed by atoms with Gasteiger partial charge < -0.3 is 5.32 Å². The van der Waals surface area contributed by atoms with Gasteiger partial charge in [-0.25, -0.2) is 13.1 Å². The van der Waals surface area contributed by atoms with Crippen LogP contribution in [0.4, 0.5) is 18.9 Å². The fourth-order valence-electron chi connectivity index (χ4n) is 1.71. The minimum absolute atomic E-state index is 0.0214. The van der Waals surface area contributed by atoms with Crippen LogP contribution < -0.4 is 10.9 Å². The number of nitrogens with zero attached hydrogens (tertiary/aromatic N) is 2. The zero-order valence-corrected chi connectivity index (χ0v) is 11.8. The lowest BCUT2D eigenvalue weighted by atomic mass is 10.3. The Labute approximate surface area is 122 Å². The summed E-state index contributed by atoms with van der Waals surface area (Å²) in [6, 6.07) is -0.618. The van der Waals surface area contributed by atoms with Gasteiger partial charge in [0.2, 0.25) is 0 Å². The molecular weight excluding hydrogens is 335 g/mol. The van der Waals surface area contributed by atoms with Gasteiger partial charge in [0, 0.05) is 5.41 Å². The minimum atomic E-state index is -4.60. The second kappa shape index (κ2) is 5.34. The van der Waals surface area contributed by atoms with Crippen LogP contribution in [-0.4, -0.2) is 36.2 Å². The summed E-state index contributed by atoms with van der Waals surface area (Å²) in [7, 11) is -3.31. The number of alkyl halides is 3. The first-order chi connectivity index (χ1) is 9.57. The first-order valence-corrected chi connectivity index (χ1v) is 7.67. The van der Waals surface area contributed by atoms with Gasteiger partial charge in [0.05, 0.1) is 23.7 Å². The first kappa shape index (κ1) is 15.8. The van der Waals surface area contributed by atoms with Gasteiger partial charge in [0.1, 0.15) is 11.6 Å². The maximum atomic E-state index is 12.2. The van der Waals surface area contributed by atoms with Crippen LogP contribution in [0.15, 0.2) is 22.5 Å². The summed E-state index contributed by atoms with van der Waals surface area (Å²) in [5, 5.41) is 6.54. The van der Waals surface area contributed by atoms with Crippen molar-refractivity contribution in [3.8, 4) is 0 Å². The summed E-state index contributed by atoms with van der Waals surface area (Å²) >= 11 is 5.70. The zero-order chi connectivity index (χ0) is 15.8. The Kier molecular flexibility index (Phi) is 4.02. The van der Waals surface area contributed by atoms with Gasteiger partial charge in [0.15, 0.2) is 9.84 Å². The molecule has 0 radical (unpaired) electrons. The molecule has 1 aromatic rings. The van der Waals surface area contributed by atoms with E-state index in [2.05, 4.69) is 10.4 Å². The van der Waals surface area contributed by atoms with Crippen molar-refractivity contribution in [2.24, 2.45) is 0 Å². The van der Waals surface area contributed by atoms with E-state index in [9.17, 15) is 26.4 Å². The number of anilines is 1. The molecule has 2 heterocycles. The van der Waals surface area contributed by atoms with E-state index in [0.717, 1.165) is 11.6 Å². The largest absolute Gasteiger partial charge is 0.408 e. The van der Waals surface area contributed by atoms with Crippen molar-refractivity contribution < 1.29 is 21.6 Å². The third kappa shape index (κ3) is 3.97. The molecule has 21 heavy (non-hydrogen) atoms. The molecule has 1 aliphatic heterocycles. The Hall–Kier alpha value is -1.55. The molecule has 2 rings (SSSR count). The van der Waals surface area contributed by atoms with Crippen LogP contribution in [0.1, 0.15) is 0 Å². The number of hydrogen-bond acceptors (Lipinski definition) is 5. The molecule has 0 fully saturated rings. The molecule has 0 bridgehead atoms. The van der Waals surface area contributed by atoms with Crippen LogP contribution in [0.5, 0.6) is 0 Å². The average Bonchev–Trinajstić information content (AvgIpc) is 2.67. The molecule has 1 aromatic heterocycles. The molecule has 1 aliphatic rings. The van der Waals surface area contributed by atoms with Gasteiger partial charge in [0.25, 0.3) is 5.56 Å². The van der Waals surface area contributed by atoms with Crippen LogP contribution >= 0.6 is 11.6 Å². The lowest BCUT2D eigenvalue weighted by molar-refractivity contribution is -0.143. The summed E-state index contributed by atoms with van der Waals surface area (Å²) in [6.07, 6.45) is -2.29. The van der Waals surface area contributed by atoms with Crippen LogP contribution in [0, 0.1) is 0 Å². The maximum absolute atomic E-state index is 12.2. The Bertz CT molecular complexity index is 742. The highest BCUT2D eigenvalue weighted by Gasteiger charge is 2.30. The third-order valence-electron chi connectivity index (χ3n) is 2.58. The number of aromatic nitrogens is 2. The standard InChI is InChI=1S/C10H9ClF3N3O3S/c11-8-7(16-6-1-2-21(19,20)4-6)3-15-17(9(8)18)5-10(12,13)14/h1-3,6,16H,4-5H2. The van der Waals surface area contributed by atoms with Gasteiger partial charge in [-0.05, 0) is 0 Å². The Morgan fingerprint density at radius 1 is 1.48 bits per heavy atom. The minimum Gasteiger partial charge on any atom is -0.375 e. The predicted octanol–water partition coefficient (Wildman–Crippen LogP) is 1.18. The highest BCUT2D eigenvalue weighted by molar-refractivity contribution is 7.94. The first-order valence-electron chi connectivity index (χ1n) is 5.57. The van der Waals surface area contributed by atoms with Crippen molar-refractivity contribution in [3.63, 3.8) is 0 Å². The Morgan fingerprint density at radius 2 is 2.14 bits per heavy atom. The molecule has 0 saturated heterocycles. The van der Waals surface area contributed by atoms with Crippen molar-refractivity contribution >= 4 is 27.1 Å². The summed E-state index contributed by atoms with van der Waals surface area (Å²) < 4.78 is 59.3.